The molecule has 0 aliphatic carbocycles. The average molecular weight is 375 g/mol. The average Bonchev–Trinajstić information content (AvgIpc) is 2.49. The van der Waals surface area contributed by atoms with Crippen LogP contribution in [0.1, 0.15) is 96.8 Å². The van der Waals surface area contributed by atoms with Crippen LogP contribution in [0.15, 0.2) is 0 Å². The van der Waals surface area contributed by atoms with E-state index in [9.17, 15) is 13.2 Å². The van der Waals surface area contributed by atoms with E-state index in [0.29, 0.717) is 6.42 Å². The van der Waals surface area contributed by atoms with Crippen LogP contribution in [-0.4, -0.2) is 54.4 Å². The van der Waals surface area contributed by atoms with E-state index in [1.54, 1.807) is 0 Å². The number of carbonyl (C=O) groups is 1. The van der Waals surface area contributed by atoms with Gasteiger partial charge in [0.1, 0.15) is 0 Å². The first kappa shape index (κ1) is 26.6. The third kappa shape index (κ3) is 22.4. The van der Waals surface area contributed by atoms with Crippen LogP contribution >= 0.6 is 0 Å². The summed E-state index contributed by atoms with van der Waals surface area (Å²) in [4.78, 5) is 11.2. The Morgan fingerprint density at radius 3 is 1.54 bits per heavy atom. The van der Waals surface area contributed by atoms with Crippen LogP contribution in [0.25, 0.3) is 0 Å². The van der Waals surface area contributed by atoms with Gasteiger partial charge >= 0.3 is 45.6 Å². The molecule has 0 unspecified atom stereocenters. The number of unbranched alkanes of at least 4 members (excludes halogenated alkanes) is 12. The molecule has 0 spiro atoms. The van der Waals surface area contributed by atoms with E-state index in [-0.39, 0.29) is 36.0 Å². The second-order valence-electron chi connectivity index (χ2n) is 6.21. The number of esters is 1. The first-order valence-electron chi connectivity index (χ1n) is 9.06. The summed E-state index contributed by atoms with van der Waals surface area (Å²) in [5, 5.41) is 0. The van der Waals surface area contributed by atoms with Crippen LogP contribution in [0.5, 0.6) is 0 Å². The van der Waals surface area contributed by atoms with Crippen molar-refractivity contribution in [3.63, 3.8) is 0 Å². The van der Waals surface area contributed by atoms with Gasteiger partial charge in [-0.3, -0.25) is 9.35 Å². The number of ether oxygens (including phenoxy) is 1. The van der Waals surface area contributed by atoms with Gasteiger partial charge in [0, 0.05) is 6.42 Å². The SMILES string of the molecule is CCCCCCCCCCCCCCCC(=O)OCS(=O)(=O)O.[NaH]. The molecule has 0 fully saturated rings. The minimum absolute atomic E-state index is 0. The van der Waals surface area contributed by atoms with Gasteiger partial charge in [0.15, 0.2) is 0 Å². The van der Waals surface area contributed by atoms with Crippen molar-refractivity contribution in [2.24, 2.45) is 0 Å². The summed E-state index contributed by atoms with van der Waals surface area (Å²) >= 11 is 0. The second kappa shape index (κ2) is 18.2. The first-order chi connectivity index (χ1) is 11.0. The molecule has 7 heteroatoms. The summed E-state index contributed by atoms with van der Waals surface area (Å²) in [7, 11) is -4.22. The van der Waals surface area contributed by atoms with E-state index in [0.717, 1.165) is 12.8 Å². The summed E-state index contributed by atoms with van der Waals surface area (Å²) in [6, 6.07) is 0. The molecular weight excluding hydrogens is 339 g/mol. The van der Waals surface area contributed by atoms with Crippen LogP contribution < -0.4 is 0 Å². The quantitative estimate of drug-likeness (QED) is 0.189. The van der Waals surface area contributed by atoms with Crippen LogP contribution in [0.4, 0.5) is 0 Å². The zero-order valence-electron chi connectivity index (χ0n) is 14.6. The molecule has 0 aliphatic rings. The fourth-order valence-electron chi connectivity index (χ4n) is 2.50. The molecule has 0 saturated heterocycles. The van der Waals surface area contributed by atoms with E-state index < -0.39 is 22.0 Å². The summed E-state index contributed by atoms with van der Waals surface area (Å²) < 4.78 is 33.7. The minimum atomic E-state index is -4.22. The van der Waals surface area contributed by atoms with Gasteiger partial charge in [-0.05, 0) is 6.42 Å². The molecule has 0 aromatic rings. The third-order valence-electron chi connectivity index (χ3n) is 3.85. The zero-order valence-corrected chi connectivity index (χ0v) is 15.4. The molecular formula is C17H35NaO5S. The van der Waals surface area contributed by atoms with Crippen molar-refractivity contribution in [3.8, 4) is 0 Å². The van der Waals surface area contributed by atoms with Gasteiger partial charge < -0.3 is 4.74 Å². The van der Waals surface area contributed by atoms with Crippen molar-refractivity contribution in [2.45, 2.75) is 96.8 Å². The second-order valence-corrected chi connectivity index (χ2v) is 7.61. The molecule has 0 rings (SSSR count). The molecule has 0 radical (unpaired) electrons. The number of rotatable bonds is 16. The van der Waals surface area contributed by atoms with E-state index in [1.807, 2.05) is 0 Å². The van der Waals surface area contributed by atoms with Gasteiger partial charge in [-0.2, -0.15) is 8.42 Å². The monoisotopic (exact) mass is 374 g/mol. The summed E-state index contributed by atoms with van der Waals surface area (Å²) in [5.41, 5.74) is 0. The summed E-state index contributed by atoms with van der Waals surface area (Å²) in [5.74, 6) is -1.50. The van der Waals surface area contributed by atoms with Crippen molar-refractivity contribution in [1.82, 2.24) is 0 Å². The molecule has 0 amide bonds. The Kier molecular flexibility index (Phi) is 20.2. The van der Waals surface area contributed by atoms with Crippen LogP contribution in [-0.2, 0) is 19.6 Å². The standard InChI is InChI=1S/C17H34O5S.Na.H/c1-2-3-4-5-6-7-8-9-10-11-12-13-14-15-17(18)22-16-23(19,20)21;;/h2-16H2,1H3,(H,19,20,21);;. The van der Waals surface area contributed by atoms with E-state index in [2.05, 4.69) is 11.7 Å². The molecule has 140 valence electrons. The van der Waals surface area contributed by atoms with Crippen LogP contribution in [0.3, 0.4) is 0 Å². The summed E-state index contributed by atoms with van der Waals surface area (Å²) in [6.07, 6.45) is 16.2. The Bertz CT molecular complexity index is 384. The Morgan fingerprint density at radius 1 is 0.792 bits per heavy atom. The Labute approximate surface area is 170 Å². The fourth-order valence-corrected chi connectivity index (χ4v) is 2.78. The molecule has 0 aliphatic heterocycles. The maximum absolute atomic E-state index is 11.2. The van der Waals surface area contributed by atoms with Crippen LogP contribution in [0, 0.1) is 0 Å². The third-order valence-corrected chi connectivity index (χ3v) is 4.27. The van der Waals surface area contributed by atoms with Crippen LogP contribution in [0.2, 0.25) is 0 Å². The van der Waals surface area contributed by atoms with E-state index in [4.69, 9.17) is 4.55 Å². The molecule has 0 bridgehead atoms. The Hall–Kier alpha value is 0.380. The van der Waals surface area contributed by atoms with E-state index in [1.165, 1.54) is 64.2 Å². The molecule has 24 heavy (non-hydrogen) atoms. The maximum atomic E-state index is 11.2. The Balaban J connectivity index is 0. The Morgan fingerprint density at radius 2 is 1.17 bits per heavy atom. The van der Waals surface area contributed by atoms with Crippen molar-refractivity contribution < 1.29 is 22.5 Å². The molecule has 1 N–H and O–H groups in total. The first-order valence-corrected chi connectivity index (χ1v) is 10.7. The number of carbonyl (C=O) groups excluding carboxylic acids is 1. The van der Waals surface area contributed by atoms with Crippen molar-refractivity contribution >= 4 is 45.6 Å². The summed E-state index contributed by atoms with van der Waals surface area (Å²) in [6.45, 7) is 2.24. The molecule has 0 aromatic carbocycles. The topological polar surface area (TPSA) is 80.7 Å². The van der Waals surface area contributed by atoms with Crippen molar-refractivity contribution in [1.29, 1.82) is 0 Å². The van der Waals surface area contributed by atoms with Gasteiger partial charge in [-0.25, -0.2) is 0 Å². The van der Waals surface area contributed by atoms with Gasteiger partial charge in [0.25, 0.3) is 0 Å². The van der Waals surface area contributed by atoms with Gasteiger partial charge in [0.05, 0.1) is 0 Å². The molecule has 0 atom stereocenters. The molecule has 0 saturated carbocycles. The van der Waals surface area contributed by atoms with Crippen molar-refractivity contribution in [2.75, 3.05) is 5.94 Å². The van der Waals surface area contributed by atoms with Gasteiger partial charge in [0.2, 0.25) is 5.94 Å². The molecule has 0 aromatic heterocycles. The molecule has 5 nitrogen and oxygen atoms in total. The predicted molar refractivity (Wildman–Crippen MR) is 100.0 cm³/mol. The normalized spacial score (nSPS) is 11.1. The number of hydrogen-bond donors (Lipinski definition) is 1. The van der Waals surface area contributed by atoms with Crippen molar-refractivity contribution in [3.05, 3.63) is 0 Å². The zero-order chi connectivity index (χ0) is 17.4. The van der Waals surface area contributed by atoms with Gasteiger partial charge in [-0.1, -0.05) is 84.0 Å². The fraction of sp³-hybridized carbons (Fsp3) is 0.941. The molecule has 0 heterocycles. The van der Waals surface area contributed by atoms with E-state index >= 15 is 0 Å². The predicted octanol–water partition coefficient (Wildman–Crippen LogP) is 4.21. The van der Waals surface area contributed by atoms with Gasteiger partial charge in [-0.15, -0.1) is 0 Å². The number of hydrogen-bond acceptors (Lipinski definition) is 4.